The van der Waals surface area contributed by atoms with Crippen LogP contribution in [-0.2, 0) is 4.74 Å². The van der Waals surface area contributed by atoms with Gasteiger partial charge < -0.3 is 18.9 Å². The number of esters is 1. The number of carbonyl (C=O) groups excluding carboxylic acids is 2. The highest BCUT2D eigenvalue weighted by atomic mass is 19.3. The van der Waals surface area contributed by atoms with Crippen LogP contribution in [0.1, 0.15) is 32.1 Å². The predicted molar refractivity (Wildman–Crippen MR) is 117 cm³/mol. The number of aryl methyl sites for hydroxylation is 1. The molecule has 168 valence electrons. The highest BCUT2D eigenvalue weighted by Crippen LogP contribution is 2.24. The van der Waals surface area contributed by atoms with Crippen molar-refractivity contribution in [2.24, 2.45) is 0 Å². The highest BCUT2D eigenvalue weighted by Gasteiger charge is 2.19. The number of nitrogens with zero attached hydrogens (tertiary/aromatic N) is 2. The minimum Gasteiger partial charge on any atom is -0.454 e. The normalized spacial score (nSPS) is 10.8. The molecule has 0 radical (unpaired) electrons. The average molecular weight is 442 g/mol. The van der Waals surface area contributed by atoms with E-state index in [1.807, 2.05) is 30.5 Å². The summed E-state index contributed by atoms with van der Waals surface area (Å²) in [5.41, 5.74) is 3.85. The third-order valence-corrected chi connectivity index (χ3v) is 5.01. The smallest absolute Gasteiger partial charge is 0.387 e. The van der Waals surface area contributed by atoms with Gasteiger partial charge in [-0.15, -0.1) is 0 Å². The zero-order valence-electron chi connectivity index (χ0n) is 18.3. The van der Waals surface area contributed by atoms with E-state index in [4.69, 9.17) is 4.74 Å². The van der Waals surface area contributed by atoms with Gasteiger partial charge in [0, 0.05) is 42.4 Å². The van der Waals surface area contributed by atoms with Gasteiger partial charge in [0.2, 0.25) is 5.78 Å². The first kappa shape index (κ1) is 23.0. The van der Waals surface area contributed by atoms with Crippen molar-refractivity contribution in [3.63, 3.8) is 0 Å². The van der Waals surface area contributed by atoms with Crippen molar-refractivity contribution >= 4 is 17.4 Å². The number of ketones is 1. The number of Topliss-reactive ketones (excluding diaryl/α,β-unsaturated/α-hetero) is 1. The second kappa shape index (κ2) is 9.64. The number of hydrogen-bond donors (Lipinski definition) is 0. The minimum absolute atomic E-state index is 0.0491. The number of carbonyl (C=O) groups is 2. The van der Waals surface area contributed by atoms with Gasteiger partial charge in [-0.1, -0.05) is 0 Å². The van der Waals surface area contributed by atoms with Crippen LogP contribution in [0.15, 0.2) is 54.6 Å². The average Bonchev–Trinajstić information content (AvgIpc) is 3.06. The third kappa shape index (κ3) is 5.14. The van der Waals surface area contributed by atoms with E-state index in [0.717, 1.165) is 11.4 Å². The van der Waals surface area contributed by atoms with Gasteiger partial charge in [-0.05, 0) is 68.4 Å². The van der Waals surface area contributed by atoms with E-state index in [2.05, 4.69) is 4.74 Å². The van der Waals surface area contributed by atoms with E-state index < -0.39 is 12.6 Å². The Morgan fingerprint density at radius 1 is 1.00 bits per heavy atom. The van der Waals surface area contributed by atoms with Crippen LogP contribution >= 0.6 is 0 Å². The van der Waals surface area contributed by atoms with Crippen LogP contribution in [0.3, 0.4) is 0 Å². The molecule has 2 aromatic carbocycles. The molecule has 32 heavy (non-hydrogen) atoms. The molecule has 0 spiro atoms. The molecule has 3 aromatic rings. The number of rotatable bonds is 8. The fourth-order valence-corrected chi connectivity index (χ4v) is 3.41. The van der Waals surface area contributed by atoms with E-state index in [1.54, 1.807) is 49.4 Å². The summed E-state index contributed by atoms with van der Waals surface area (Å²) >= 11 is 0. The molecule has 0 N–H and O–H groups in total. The Morgan fingerprint density at radius 2 is 1.62 bits per heavy atom. The van der Waals surface area contributed by atoms with E-state index in [9.17, 15) is 18.4 Å². The lowest BCUT2D eigenvalue weighted by atomic mass is 10.1. The lowest BCUT2D eigenvalue weighted by Crippen LogP contribution is -2.15. The molecular weight excluding hydrogens is 418 g/mol. The molecule has 8 heteroatoms. The first-order valence-electron chi connectivity index (χ1n) is 9.89. The Bertz CT molecular complexity index is 1100. The van der Waals surface area contributed by atoms with E-state index >= 15 is 0 Å². The lowest BCUT2D eigenvalue weighted by molar-refractivity contribution is -0.0498. The summed E-state index contributed by atoms with van der Waals surface area (Å²) in [4.78, 5) is 26.9. The number of halogens is 2. The third-order valence-electron chi connectivity index (χ3n) is 5.01. The van der Waals surface area contributed by atoms with Gasteiger partial charge in [0.05, 0.1) is 5.56 Å². The zero-order valence-corrected chi connectivity index (χ0v) is 18.3. The van der Waals surface area contributed by atoms with Gasteiger partial charge in [-0.3, -0.25) is 4.79 Å². The molecule has 3 rings (SSSR count). The first-order valence-corrected chi connectivity index (χ1v) is 9.89. The van der Waals surface area contributed by atoms with Crippen molar-refractivity contribution in [3.8, 4) is 11.4 Å². The molecule has 0 aliphatic heterocycles. The zero-order chi connectivity index (χ0) is 23.4. The molecule has 1 aromatic heterocycles. The molecule has 1 heterocycles. The van der Waals surface area contributed by atoms with Crippen LogP contribution in [0.25, 0.3) is 5.69 Å². The molecule has 0 aliphatic rings. The molecule has 0 saturated heterocycles. The Kier molecular flexibility index (Phi) is 6.92. The Morgan fingerprint density at radius 3 is 2.19 bits per heavy atom. The minimum atomic E-state index is -2.89. The van der Waals surface area contributed by atoms with Gasteiger partial charge in [0.15, 0.2) is 6.61 Å². The Hall–Kier alpha value is -3.68. The second-order valence-corrected chi connectivity index (χ2v) is 7.43. The van der Waals surface area contributed by atoms with Crippen LogP contribution in [0.2, 0.25) is 0 Å². The van der Waals surface area contributed by atoms with Gasteiger partial charge >= 0.3 is 12.6 Å². The Balaban J connectivity index is 1.70. The molecular formula is C24H24F2N2O4. The molecule has 0 unspecified atom stereocenters. The first-order chi connectivity index (χ1) is 15.2. The maximum absolute atomic E-state index is 12.7. The van der Waals surface area contributed by atoms with Crippen LogP contribution in [0.4, 0.5) is 14.5 Å². The molecule has 0 fully saturated rings. The summed E-state index contributed by atoms with van der Waals surface area (Å²) in [5.74, 6) is -0.861. The molecule has 0 bridgehead atoms. The summed E-state index contributed by atoms with van der Waals surface area (Å²) in [6, 6.07) is 14.7. The number of hydrogen-bond acceptors (Lipinski definition) is 5. The molecule has 0 saturated carbocycles. The van der Waals surface area contributed by atoms with Crippen molar-refractivity contribution in [3.05, 3.63) is 77.1 Å². The van der Waals surface area contributed by atoms with Crippen LogP contribution < -0.4 is 9.64 Å². The van der Waals surface area contributed by atoms with Gasteiger partial charge in [-0.25, -0.2) is 4.79 Å². The fourth-order valence-electron chi connectivity index (χ4n) is 3.41. The van der Waals surface area contributed by atoms with Crippen molar-refractivity contribution < 1.29 is 27.8 Å². The second-order valence-electron chi connectivity index (χ2n) is 7.43. The van der Waals surface area contributed by atoms with Gasteiger partial charge in [0.1, 0.15) is 5.75 Å². The maximum Gasteiger partial charge on any atom is 0.387 e. The van der Waals surface area contributed by atoms with E-state index in [-0.39, 0.29) is 18.1 Å². The van der Waals surface area contributed by atoms with Crippen molar-refractivity contribution in [1.29, 1.82) is 0 Å². The fraction of sp³-hybridized carbons (Fsp3) is 0.250. The number of anilines is 1. The van der Waals surface area contributed by atoms with E-state index in [0.29, 0.717) is 22.5 Å². The summed E-state index contributed by atoms with van der Waals surface area (Å²) in [5, 5.41) is 0. The standard InChI is InChI=1S/C24H24F2N2O4/c1-15-13-21(16(2)28(15)19-9-11-20(12-10-19)32-24(25)26)22(29)14-31-23(30)17-5-7-18(8-6-17)27(3)4/h5-13,24H,14H2,1-4H3. The summed E-state index contributed by atoms with van der Waals surface area (Å²) in [6.07, 6.45) is 0. The highest BCUT2D eigenvalue weighted by molar-refractivity contribution is 6.00. The van der Waals surface area contributed by atoms with Gasteiger partial charge in [-0.2, -0.15) is 8.78 Å². The lowest BCUT2D eigenvalue weighted by Gasteiger charge is -2.12. The molecule has 0 atom stereocenters. The summed E-state index contributed by atoms with van der Waals surface area (Å²) < 4.78 is 36.1. The molecule has 0 amide bonds. The largest absolute Gasteiger partial charge is 0.454 e. The monoisotopic (exact) mass is 442 g/mol. The number of aromatic nitrogens is 1. The SMILES string of the molecule is Cc1cc(C(=O)COC(=O)c2ccc(N(C)C)cc2)c(C)n1-c1ccc(OC(F)F)cc1. The number of ether oxygens (including phenoxy) is 2. The summed E-state index contributed by atoms with van der Waals surface area (Å²) in [6.45, 7) is 0.311. The number of benzene rings is 2. The van der Waals surface area contributed by atoms with Crippen LogP contribution in [0.5, 0.6) is 5.75 Å². The predicted octanol–water partition coefficient (Wildman–Crippen LogP) is 4.80. The maximum atomic E-state index is 12.7. The van der Waals surface area contributed by atoms with E-state index in [1.165, 1.54) is 12.1 Å². The molecule has 0 aliphatic carbocycles. The van der Waals surface area contributed by atoms with Crippen LogP contribution in [-0.4, -0.2) is 43.6 Å². The quantitative estimate of drug-likeness (QED) is 0.370. The Labute approximate surface area is 185 Å². The van der Waals surface area contributed by atoms with Gasteiger partial charge in [0.25, 0.3) is 0 Å². The van der Waals surface area contributed by atoms with Crippen molar-refractivity contribution in [2.75, 3.05) is 25.6 Å². The van der Waals surface area contributed by atoms with Crippen molar-refractivity contribution in [1.82, 2.24) is 4.57 Å². The summed E-state index contributed by atoms with van der Waals surface area (Å²) in [7, 11) is 3.79. The van der Waals surface area contributed by atoms with Crippen LogP contribution in [0, 0.1) is 13.8 Å². The molecule has 6 nitrogen and oxygen atoms in total. The van der Waals surface area contributed by atoms with Crippen molar-refractivity contribution in [2.45, 2.75) is 20.5 Å². The number of alkyl halides is 2. The topological polar surface area (TPSA) is 60.8 Å².